The molecule has 1 saturated heterocycles. The number of carbonyl (C=O) groups excluding carboxylic acids is 2. The van der Waals surface area contributed by atoms with Crippen molar-refractivity contribution in [2.75, 3.05) is 26.2 Å². The molecule has 0 atom stereocenters. The largest absolute Gasteiger partial charge is 0.339 e. The molecule has 0 aliphatic carbocycles. The van der Waals surface area contributed by atoms with Gasteiger partial charge in [-0.2, -0.15) is 0 Å². The Morgan fingerprint density at radius 2 is 1.74 bits per heavy atom. The number of carbonyl (C=O) groups is 2. The summed E-state index contributed by atoms with van der Waals surface area (Å²) < 4.78 is 0. The average Bonchev–Trinajstić information content (AvgIpc) is 3.20. The number of non-ortho nitro benzene ring substituents is 1. The maximum atomic E-state index is 12.4. The molecule has 27 heavy (non-hydrogen) atoms. The lowest BCUT2D eigenvalue weighted by molar-refractivity contribution is -0.384. The maximum Gasteiger partial charge on any atom is 0.269 e. The van der Waals surface area contributed by atoms with E-state index in [2.05, 4.69) is 0 Å². The van der Waals surface area contributed by atoms with Gasteiger partial charge in [0.15, 0.2) is 0 Å². The van der Waals surface area contributed by atoms with Crippen LogP contribution in [0.2, 0.25) is 0 Å². The second-order valence-electron chi connectivity index (χ2n) is 6.16. The predicted molar refractivity (Wildman–Crippen MR) is 103 cm³/mol. The molecule has 0 unspecified atom stereocenters. The van der Waals surface area contributed by atoms with Crippen molar-refractivity contribution in [2.24, 2.45) is 0 Å². The van der Waals surface area contributed by atoms with Crippen molar-refractivity contribution in [3.63, 3.8) is 0 Å². The summed E-state index contributed by atoms with van der Waals surface area (Å²) in [5, 5.41) is 12.6. The van der Waals surface area contributed by atoms with E-state index in [1.165, 1.54) is 12.1 Å². The van der Waals surface area contributed by atoms with Crippen LogP contribution >= 0.6 is 11.3 Å². The van der Waals surface area contributed by atoms with Gasteiger partial charge < -0.3 is 9.80 Å². The molecule has 7 nitrogen and oxygen atoms in total. The Kier molecular flexibility index (Phi) is 5.97. The van der Waals surface area contributed by atoms with Gasteiger partial charge in [0, 0.05) is 49.3 Å². The molecule has 8 heteroatoms. The Balaban J connectivity index is 1.48. The minimum atomic E-state index is -0.464. The van der Waals surface area contributed by atoms with E-state index in [1.807, 2.05) is 17.5 Å². The normalized spacial score (nSPS) is 14.5. The van der Waals surface area contributed by atoms with Gasteiger partial charge in [0.05, 0.1) is 11.3 Å². The number of rotatable bonds is 5. The second kappa shape index (κ2) is 8.59. The van der Waals surface area contributed by atoms with Gasteiger partial charge in [-0.1, -0.05) is 18.2 Å². The summed E-state index contributed by atoms with van der Waals surface area (Å²) in [4.78, 5) is 39.4. The molecule has 2 aromatic rings. The molecule has 2 amide bonds. The number of hydrogen-bond acceptors (Lipinski definition) is 5. The van der Waals surface area contributed by atoms with Gasteiger partial charge >= 0.3 is 0 Å². The molecule has 0 bridgehead atoms. The standard InChI is InChI=1S/C19H19N3O4S/c23-18(8-7-17-2-1-13-27-17)20-9-11-21(12-10-20)19(24)14-15-3-5-16(6-4-15)22(25)26/h1-8,13H,9-12,14H2. The number of benzene rings is 1. The van der Waals surface area contributed by atoms with Gasteiger partial charge in [0.25, 0.3) is 5.69 Å². The lowest BCUT2D eigenvalue weighted by Crippen LogP contribution is -2.50. The van der Waals surface area contributed by atoms with Crippen LogP contribution in [-0.2, 0) is 16.0 Å². The highest BCUT2D eigenvalue weighted by atomic mass is 32.1. The van der Waals surface area contributed by atoms with Crippen molar-refractivity contribution in [3.8, 4) is 0 Å². The van der Waals surface area contributed by atoms with Gasteiger partial charge in [-0.25, -0.2) is 0 Å². The molecule has 1 aliphatic heterocycles. The van der Waals surface area contributed by atoms with E-state index in [0.717, 1.165) is 10.4 Å². The highest BCUT2D eigenvalue weighted by Crippen LogP contribution is 2.14. The lowest BCUT2D eigenvalue weighted by atomic mass is 10.1. The van der Waals surface area contributed by atoms with Crippen LogP contribution in [0, 0.1) is 10.1 Å². The summed E-state index contributed by atoms with van der Waals surface area (Å²) in [5.41, 5.74) is 0.747. The number of piperazine rings is 1. The maximum absolute atomic E-state index is 12.4. The zero-order valence-corrected chi connectivity index (χ0v) is 15.4. The average molecular weight is 385 g/mol. The van der Waals surface area contributed by atoms with Crippen molar-refractivity contribution in [1.82, 2.24) is 9.80 Å². The first kappa shape index (κ1) is 18.8. The van der Waals surface area contributed by atoms with E-state index >= 15 is 0 Å². The first-order chi connectivity index (χ1) is 13.0. The summed E-state index contributed by atoms with van der Waals surface area (Å²) in [6.07, 6.45) is 3.57. The number of nitro groups is 1. The van der Waals surface area contributed by atoms with Gasteiger partial charge in [-0.3, -0.25) is 19.7 Å². The van der Waals surface area contributed by atoms with Crippen LogP contribution < -0.4 is 0 Å². The van der Waals surface area contributed by atoms with Crippen LogP contribution in [0.3, 0.4) is 0 Å². The number of thiophene rings is 1. The topological polar surface area (TPSA) is 83.8 Å². The van der Waals surface area contributed by atoms with E-state index in [1.54, 1.807) is 45.4 Å². The first-order valence-electron chi connectivity index (χ1n) is 8.54. The Hall–Kier alpha value is -3.00. The lowest BCUT2D eigenvalue weighted by Gasteiger charge is -2.34. The van der Waals surface area contributed by atoms with Gasteiger partial charge in [0.2, 0.25) is 11.8 Å². The summed E-state index contributed by atoms with van der Waals surface area (Å²) in [7, 11) is 0. The molecule has 1 aromatic heterocycles. The van der Waals surface area contributed by atoms with Crippen LogP contribution in [0.15, 0.2) is 47.9 Å². The van der Waals surface area contributed by atoms with E-state index in [9.17, 15) is 19.7 Å². The van der Waals surface area contributed by atoms with Gasteiger partial charge in [-0.05, 0) is 23.1 Å². The minimum absolute atomic E-state index is 0.00827. The smallest absolute Gasteiger partial charge is 0.269 e. The van der Waals surface area contributed by atoms with Crippen LogP contribution in [0.4, 0.5) is 5.69 Å². The molecule has 2 heterocycles. The number of hydrogen-bond donors (Lipinski definition) is 0. The Morgan fingerprint density at radius 1 is 1.07 bits per heavy atom. The third-order valence-electron chi connectivity index (χ3n) is 4.38. The highest BCUT2D eigenvalue weighted by Gasteiger charge is 2.23. The van der Waals surface area contributed by atoms with E-state index < -0.39 is 4.92 Å². The number of nitro benzene ring substituents is 1. The number of nitrogens with zero attached hydrogens (tertiary/aromatic N) is 3. The van der Waals surface area contributed by atoms with E-state index in [4.69, 9.17) is 0 Å². The molecular weight excluding hydrogens is 366 g/mol. The fourth-order valence-corrected chi connectivity index (χ4v) is 3.46. The quantitative estimate of drug-likeness (QED) is 0.450. The van der Waals surface area contributed by atoms with Crippen LogP contribution in [0.1, 0.15) is 10.4 Å². The summed E-state index contributed by atoms with van der Waals surface area (Å²) in [5.74, 6) is -0.0871. The Morgan fingerprint density at radius 3 is 2.33 bits per heavy atom. The molecular formula is C19H19N3O4S. The summed E-state index contributed by atoms with van der Waals surface area (Å²) >= 11 is 1.57. The SMILES string of the molecule is O=C(C=Cc1cccs1)N1CCN(C(=O)Cc2ccc([N+](=O)[O-])cc2)CC1. The van der Waals surface area contributed by atoms with Crippen LogP contribution in [0.5, 0.6) is 0 Å². The predicted octanol–water partition coefficient (Wildman–Crippen LogP) is 2.58. The number of amides is 2. The van der Waals surface area contributed by atoms with E-state index in [-0.39, 0.29) is 23.9 Å². The zero-order valence-electron chi connectivity index (χ0n) is 14.6. The summed E-state index contributed by atoms with van der Waals surface area (Å²) in [6, 6.07) is 9.89. The van der Waals surface area contributed by atoms with Gasteiger partial charge in [0.1, 0.15) is 0 Å². The second-order valence-corrected chi connectivity index (χ2v) is 7.13. The Labute approximate surface area is 160 Å². The molecule has 0 N–H and O–H groups in total. The minimum Gasteiger partial charge on any atom is -0.339 e. The monoisotopic (exact) mass is 385 g/mol. The molecule has 1 aromatic carbocycles. The molecule has 0 radical (unpaired) electrons. The highest BCUT2D eigenvalue weighted by molar-refractivity contribution is 7.10. The Bertz CT molecular complexity index is 838. The first-order valence-corrected chi connectivity index (χ1v) is 9.42. The van der Waals surface area contributed by atoms with Crippen LogP contribution in [0.25, 0.3) is 6.08 Å². The zero-order chi connectivity index (χ0) is 19.2. The molecule has 0 spiro atoms. The fraction of sp³-hybridized carbons (Fsp3) is 0.263. The van der Waals surface area contributed by atoms with E-state index in [0.29, 0.717) is 26.2 Å². The van der Waals surface area contributed by atoms with Crippen molar-refractivity contribution >= 4 is 34.9 Å². The molecule has 0 saturated carbocycles. The third-order valence-corrected chi connectivity index (χ3v) is 5.22. The van der Waals surface area contributed by atoms with Crippen molar-refractivity contribution in [1.29, 1.82) is 0 Å². The van der Waals surface area contributed by atoms with Crippen LogP contribution in [-0.4, -0.2) is 52.7 Å². The summed E-state index contributed by atoms with van der Waals surface area (Å²) in [6.45, 7) is 1.98. The molecule has 140 valence electrons. The van der Waals surface area contributed by atoms with Crippen molar-refractivity contribution < 1.29 is 14.5 Å². The third kappa shape index (κ3) is 5.01. The molecule has 1 fully saturated rings. The van der Waals surface area contributed by atoms with Gasteiger partial charge in [-0.15, -0.1) is 11.3 Å². The van der Waals surface area contributed by atoms with Crippen molar-refractivity contribution in [2.45, 2.75) is 6.42 Å². The fourth-order valence-electron chi connectivity index (χ4n) is 2.84. The molecule has 1 aliphatic rings. The van der Waals surface area contributed by atoms with Crippen molar-refractivity contribution in [3.05, 3.63) is 68.4 Å². The molecule has 3 rings (SSSR count).